The van der Waals surface area contributed by atoms with Gasteiger partial charge in [0.2, 0.25) is 0 Å². The molecule has 3 aromatic rings. The molecule has 0 saturated carbocycles. The minimum absolute atomic E-state index is 0.813. The van der Waals surface area contributed by atoms with Gasteiger partial charge >= 0.3 is 0 Å². The first-order valence-corrected chi connectivity index (χ1v) is 6.85. The van der Waals surface area contributed by atoms with Gasteiger partial charge in [0.1, 0.15) is 0 Å². The lowest BCUT2D eigenvalue weighted by Gasteiger charge is -2.06. The summed E-state index contributed by atoms with van der Waals surface area (Å²) in [6, 6.07) is 16.4. The zero-order chi connectivity index (χ0) is 13.9. The van der Waals surface area contributed by atoms with Crippen molar-refractivity contribution in [2.24, 2.45) is 0 Å². The molecule has 102 valence electrons. The Kier molecular flexibility index (Phi) is 3.44. The molecule has 0 spiro atoms. The summed E-state index contributed by atoms with van der Waals surface area (Å²) in [6.07, 6.45) is 0. The van der Waals surface area contributed by atoms with Crippen molar-refractivity contribution in [3.8, 4) is 0 Å². The first kappa shape index (κ1) is 12.8. The highest BCUT2D eigenvalue weighted by Gasteiger charge is 2.06. The predicted octanol–water partition coefficient (Wildman–Crippen LogP) is 3.35. The van der Waals surface area contributed by atoms with Gasteiger partial charge < -0.3 is 16.0 Å². The van der Waals surface area contributed by atoms with E-state index in [9.17, 15) is 0 Å². The Morgan fingerprint density at radius 2 is 1.90 bits per heavy atom. The molecule has 0 aliphatic rings. The first-order chi connectivity index (χ1) is 9.74. The quantitative estimate of drug-likeness (QED) is 0.634. The van der Waals surface area contributed by atoms with Crippen LogP contribution in [0.3, 0.4) is 0 Å². The van der Waals surface area contributed by atoms with E-state index in [1.165, 1.54) is 27.7 Å². The van der Waals surface area contributed by atoms with Crippen LogP contribution in [-0.4, -0.2) is 4.98 Å². The zero-order valence-corrected chi connectivity index (χ0v) is 11.6. The standard InChI is InChI=1S/C17H19N3/c1-12-16(15-7-2-3-8-17(15)20-12)11-19-10-13-5-4-6-14(18)9-13/h2-9,19-20H,10-11,18H2,1H3. The Balaban J connectivity index is 1.73. The Morgan fingerprint density at radius 3 is 2.75 bits per heavy atom. The van der Waals surface area contributed by atoms with E-state index in [4.69, 9.17) is 5.73 Å². The average molecular weight is 265 g/mol. The fourth-order valence-electron chi connectivity index (χ4n) is 2.60. The largest absolute Gasteiger partial charge is 0.399 e. The van der Waals surface area contributed by atoms with Crippen LogP contribution in [0.2, 0.25) is 0 Å². The maximum absolute atomic E-state index is 5.79. The third kappa shape index (κ3) is 2.53. The van der Waals surface area contributed by atoms with Crippen molar-refractivity contribution in [3.63, 3.8) is 0 Å². The number of hydrogen-bond acceptors (Lipinski definition) is 2. The number of aromatic amines is 1. The van der Waals surface area contributed by atoms with Crippen LogP contribution in [0.1, 0.15) is 16.8 Å². The fourth-order valence-corrected chi connectivity index (χ4v) is 2.60. The molecule has 0 amide bonds. The molecule has 0 fully saturated rings. The van der Waals surface area contributed by atoms with Gasteiger partial charge in [-0.25, -0.2) is 0 Å². The van der Waals surface area contributed by atoms with E-state index in [1.54, 1.807) is 0 Å². The van der Waals surface area contributed by atoms with Gasteiger partial charge in [0, 0.05) is 35.4 Å². The predicted molar refractivity (Wildman–Crippen MR) is 84.4 cm³/mol. The van der Waals surface area contributed by atoms with E-state index >= 15 is 0 Å². The summed E-state index contributed by atoms with van der Waals surface area (Å²) in [7, 11) is 0. The summed E-state index contributed by atoms with van der Waals surface area (Å²) in [5.41, 5.74) is 11.6. The van der Waals surface area contributed by atoms with E-state index in [0.717, 1.165) is 18.8 Å². The average Bonchev–Trinajstić information content (AvgIpc) is 2.75. The van der Waals surface area contributed by atoms with Gasteiger partial charge in [-0.2, -0.15) is 0 Å². The van der Waals surface area contributed by atoms with E-state index in [2.05, 4.69) is 47.6 Å². The number of benzene rings is 2. The summed E-state index contributed by atoms with van der Waals surface area (Å²) in [4.78, 5) is 3.42. The number of H-pyrrole nitrogens is 1. The van der Waals surface area contributed by atoms with Crippen molar-refractivity contribution < 1.29 is 0 Å². The van der Waals surface area contributed by atoms with Crippen molar-refractivity contribution in [3.05, 3.63) is 65.4 Å². The minimum Gasteiger partial charge on any atom is -0.399 e. The molecule has 4 N–H and O–H groups in total. The van der Waals surface area contributed by atoms with Gasteiger partial charge in [0.05, 0.1) is 0 Å². The SMILES string of the molecule is Cc1[nH]c2ccccc2c1CNCc1cccc(N)c1. The number of fused-ring (bicyclic) bond motifs is 1. The number of para-hydroxylation sites is 1. The van der Waals surface area contributed by atoms with Crippen LogP contribution in [0, 0.1) is 6.92 Å². The second kappa shape index (κ2) is 5.39. The van der Waals surface area contributed by atoms with Crippen molar-refractivity contribution in [1.29, 1.82) is 0 Å². The van der Waals surface area contributed by atoms with Crippen LogP contribution in [0.5, 0.6) is 0 Å². The molecule has 0 aliphatic heterocycles. The normalized spacial score (nSPS) is 11.1. The van der Waals surface area contributed by atoms with Crippen molar-refractivity contribution in [2.45, 2.75) is 20.0 Å². The number of nitrogens with one attached hydrogen (secondary N) is 2. The topological polar surface area (TPSA) is 53.8 Å². The van der Waals surface area contributed by atoms with Crippen molar-refractivity contribution in [2.75, 3.05) is 5.73 Å². The lowest BCUT2D eigenvalue weighted by Crippen LogP contribution is -2.13. The molecule has 3 rings (SSSR count). The van der Waals surface area contributed by atoms with Crippen LogP contribution in [-0.2, 0) is 13.1 Å². The second-order valence-electron chi connectivity index (χ2n) is 5.12. The fraction of sp³-hybridized carbons (Fsp3) is 0.176. The molecular weight excluding hydrogens is 246 g/mol. The van der Waals surface area contributed by atoms with Gasteiger partial charge in [0.25, 0.3) is 0 Å². The Labute approximate surface area is 118 Å². The van der Waals surface area contributed by atoms with E-state index in [0.29, 0.717) is 0 Å². The molecule has 0 aliphatic carbocycles. The third-order valence-electron chi connectivity index (χ3n) is 3.61. The van der Waals surface area contributed by atoms with Gasteiger partial charge in [-0.05, 0) is 36.2 Å². The van der Waals surface area contributed by atoms with E-state index < -0.39 is 0 Å². The molecule has 2 aromatic carbocycles. The van der Waals surface area contributed by atoms with Gasteiger partial charge in [-0.15, -0.1) is 0 Å². The highest BCUT2D eigenvalue weighted by atomic mass is 14.9. The number of rotatable bonds is 4. The highest BCUT2D eigenvalue weighted by Crippen LogP contribution is 2.21. The maximum atomic E-state index is 5.79. The minimum atomic E-state index is 0.813. The lowest BCUT2D eigenvalue weighted by atomic mass is 10.1. The molecular formula is C17H19N3. The van der Waals surface area contributed by atoms with Gasteiger partial charge in [-0.1, -0.05) is 30.3 Å². The number of aryl methyl sites for hydroxylation is 1. The Hall–Kier alpha value is -2.26. The van der Waals surface area contributed by atoms with Crippen LogP contribution < -0.4 is 11.1 Å². The summed E-state index contributed by atoms with van der Waals surface area (Å²) >= 11 is 0. The van der Waals surface area contributed by atoms with Crippen LogP contribution in [0.25, 0.3) is 10.9 Å². The first-order valence-electron chi connectivity index (χ1n) is 6.85. The smallest absolute Gasteiger partial charge is 0.0459 e. The molecule has 0 unspecified atom stereocenters. The number of aromatic nitrogens is 1. The number of nitrogen functional groups attached to an aromatic ring is 1. The number of nitrogens with two attached hydrogens (primary N) is 1. The molecule has 0 atom stereocenters. The van der Waals surface area contributed by atoms with E-state index in [1.807, 2.05) is 18.2 Å². The molecule has 0 saturated heterocycles. The van der Waals surface area contributed by atoms with Crippen LogP contribution in [0.15, 0.2) is 48.5 Å². The van der Waals surface area contributed by atoms with Crippen molar-refractivity contribution >= 4 is 16.6 Å². The summed E-state index contributed by atoms with van der Waals surface area (Å²) in [5, 5.41) is 4.79. The molecule has 0 bridgehead atoms. The van der Waals surface area contributed by atoms with Gasteiger partial charge in [-0.3, -0.25) is 0 Å². The summed E-state index contributed by atoms with van der Waals surface area (Å²) in [5.74, 6) is 0. The van der Waals surface area contributed by atoms with E-state index in [-0.39, 0.29) is 0 Å². The highest BCUT2D eigenvalue weighted by molar-refractivity contribution is 5.84. The monoisotopic (exact) mass is 265 g/mol. The summed E-state index contributed by atoms with van der Waals surface area (Å²) in [6.45, 7) is 3.80. The van der Waals surface area contributed by atoms with Crippen molar-refractivity contribution in [1.82, 2.24) is 10.3 Å². The molecule has 1 aromatic heterocycles. The van der Waals surface area contributed by atoms with Gasteiger partial charge in [0.15, 0.2) is 0 Å². The maximum Gasteiger partial charge on any atom is 0.0459 e. The third-order valence-corrected chi connectivity index (χ3v) is 3.61. The zero-order valence-electron chi connectivity index (χ0n) is 11.6. The Morgan fingerprint density at radius 1 is 1.05 bits per heavy atom. The molecule has 1 heterocycles. The lowest BCUT2D eigenvalue weighted by molar-refractivity contribution is 0.694. The summed E-state index contributed by atoms with van der Waals surface area (Å²) < 4.78 is 0. The molecule has 0 radical (unpaired) electrons. The molecule has 3 heteroatoms. The van der Waals surface area contributed by atoms with Crippen LogP contribution >= 0.6 is 0 Å². The number of anilines is 1. The molecule has 3 nitrogen and oxygen atoms in total. The Bertz CT molecular complexity index is 728. The van der Waals surface area contributed by atoms with Crippen LogP contribution in [0.4, 0.5) is 5.69 Å². The number of hydrogen-bond donors (Lipinski definition) is 3. The second-order valence-corrected chi connectivity index (χ2v) is 5.12. The molecule has 20 heavy (non-hydrogen) atoms.